The van der Waals surface area contributed by atoms with Crippen molar-refractivity contribution < 1.29 is 4.79 Å². The molecule has 1 fully saturated rings. The first-order valence-electron chi connectivity index (χ1n) is 7.87. The van der Waals surface area contributed by atoms with Gasteiger partial charge in [-0.1, -0.05) is 0 Å². The van der Waals surface area contributed by atoms with Gasteiger partial charge in [-0.25, -0.2) is 4.79 Å². The van der Waals surface area contributed by atoms with Crippen LogP contribution in [0, 0.1) is 12.8 Å². The second-order valence-corrected chi connectivity index (χ2v) is 6.67. The molecule has 0 unspecified atom stereocenters. The summed E-state index contributed by atoms with van der Waals surface area (Å²) in [6, 6.07) is 2.02. The van der Waals surface area contributed by atoms with E-state index < -0.39 is 0 Å². The van der Waals surface area contributed by atoms with Crippen LogP contribution in [0.4, 0.5) is 10.5 Å². The van der Waals surface area contributed by atoms with Gasteiger partial charge in [0, 0.05) is 44.3 Å². The fraction of sp³-hybridized carbons (Fsp3) is 0.625. The van der Waals surface area contributed by atoms with Crippen LogP contribution in [-0.4, -0.2) is 54.1 Å². The maximum absolute atomic E-state index is 12.2. The molecule has 2 amide bonds. The van der Waals surface area contributed by atoms with Crippen molar-refractivity contribution >= 4 is 23.5 Å². The van der Waals surface area contributed by atoms with Crippen LogP contribution in [0.5, 0.6) is 0 Å². The van der Waals surface area contributed by atoms with Crippen molar-refractivity contribution in [3.8, 4) is 0 Å². The molecule has 0 radical (unpaired) electrons. The molecule has 22 heavy (non-hydrogen) atoms. The fourth-order valence-corrected chi connectivity index (χ4v) is 3.51. The van der Waals surface area contributed by atoms with Gasteiger partial charge in [0.05, 0.1) is 0 Å². The van der Waals surface area contributed by atoms with Crippen LogP contribution in [0.3, 0.4) is 0 Å². The summed E-state index contributed by atoms with van der Waals surface area (Å²) in [5.74, 6) is 1.79. The Kier molecular flexibility index (Phi) is 6.83. The number of hydrogen-bond acceptors (Lipinski definition) is 4. The number of rotatable bonds is 6. The van der Waals surface area contributed by atoms with Gasteiger partial charge in [0.1, 0.15) is 0 Å². The summed E-state index contributed by atoms with van der Waals surface area (Å²) in [6.07, 6.45) is 8.10. The van der Waals surface area contributed by atoms with Crippen molar-refractivity contribution in [2.45, 2.75) is 19.8 Å². The van der Waals surface area contributed by atoms with E-state index in [2.05, 4.69) is 21.9 Å². The van der Waals surface area contributed by atoms with Gasteiger partial charge in [-0.15, -0.1) is 0 Å². The lowest BCUT2D eigenvalue weighted by Crippen LogP contribution is -2.46. The molecule has 122 valence electrons. The van der Waals surface area contributed by atoms with Crippen molar-refractivity contribution in [2.24, 2.45) is 5.92 Å². The molecule has 6 heteroatoms. The second kappa shape index (κ2) is 8.88. The van der Waals surface area contributed by atoms with E-state index in [1.54, 1.807) is 6.20 Å². The highest BCUT2D eigenvalue weighted by molar-refractivity contribution is 7.98. The summed E-state index contributed by atoms with van der Waals surface area (Å²) in [5, 5.41) is 6.33. The van der Waals surface area contributed by atoms with Gasteiger partial charge in [0.25, 0.3) is 0 Å². The van der Waals surface area contributed by atoms with Crippen molar-refractivity contribution in [2.75, 3.05) is 43.5 Å². The van der Waals surface area contributed by atoms with E-state index in [-0.39, 0.29) is 6.03 Å². The zero-order valence-corrected chi connectivity index (χ0v) is 14.3. The Balaban J connectivity index is 1.68. The summed E-state index contributed by atoms with van der Waals surface area (Å²) in [7, 11) is 0. The molecule has 1 aromatic heterocycles. The number of piperidine rings is 1. The number of nitrogens with one attached hydrogen (secondary N) is 2. The van der Waals surface area contributed by atoms with E-state index in [1.807, 2.05) is 35.8 Å². The number of urea groups is 1. The number of aromatic nitrogens is 1. The first kappa shape index (κ1) is 16.9. The number of anilines is 1. The summed E-state index contributed by atoms with van der Waals surface area (Å²) in [5.41, 5.74) is 2.19. The molecule has 1 aromatic rings. The van der Waals surface area contributed by atoms with Crippen molar-refractivity contribution in [3.63, 3.8) is 0 Å². The Bertz CT molecular complexity index is 481. The number of carbonyl (C=O) groups is 1. The maximum atomic E-state index is 12.2. The van der Waals surface area contributed by atoms with Crippen LogP contribution in [0.2, 0.25) is 0 Å². The highest BCUT2D eigenvalue weighted by Gasteiger charge is 2.22. The number of hydrogen-bond donors (Lipinski definition) is 2. The van der Waals surface area contributed by atoms with Crippen LogP contribution >= 0.6 is 11.8 Å². The standard InChI is InChI=1S/C16H26N4OS/c1-13-10-17-6-5-15(13)18-7-8-19-16(21)20-9-3-4-14(11-20)12-22-2/h5-6,10,14H,3-4,7-9,11-12H2,1-2H3,(H,17,18)(H,19,21)/t14-/m0/s1. The minimum absolute atomic E-state index is 0.0686. The summed E-state index contributed by atoms with van der Waals surface area (Å²) < 4.78 is 0. The summed E-state index contributed by atoms with van der Waals surface area (Å²) in [4.78, 5) is 18.2. The van der Waals surface area contributed by atoms with Gasteiger partial charge >= 0.3 is 6.03 Å². The SMILES string of the molecule is CSC[C@H]1CCCN(C(=O)NCCNc2ccncc2C)C1. The number of pyridine rings is 1. The van der Waals surface area contributed by atoms with Crippen LogP contribution < -0.4 is 10.6 Å². The fourth-order valence-electron chi connectivity index (χ4n) is 2.77. The quantitative estimate of drug-likeness (QED) is 0.791. The Morgan fingerprint density at radius 3 is 3.14 bits per heavy atom. The number of aryl methyl sites for hydroxylation is 1. The molecule has 0 aromatic carbocycles. The minimum Gasteiger partial charge on any atom is -0.383 e. The van der Waals surface area contributed by atoms with E-state index in [0.717, 1.165) is 43.1 Å². The highest BCUT2D eigenvalue weighted by Crippen LogP contribution is 2.19. The number of thioether (sulfide) groups is 1. The Hall–Kier alpha value is -1.43. The zero-order chi connectivity index (χ0) is 15.8. The zero-order valence-electron chi connectivity index (χ0n) is 13.5. The number of amides is 2. The molecular weight excluding hydrogens is 296 g/mol. The minimum atomic E-state index is 0.0686. The van der Waals surface area contributed by atoms with Crippen molar-refractivity contribution in [3.05, 3.63) is 24.0 Å². The molecule has 5 nitrogen and oxygen atoms in total. The average Bonchev–Trinajstić information content (AvgIpc) is 2.53. The van der Waals surface area contributed by atoms with Gasteiger partial charge in [-0.3, -0.25) is 4.98 Å². The summed E-state index contributed by atoms with van der Waals surface area (Å²) >= 11 is 1.87. The molecule has 0 saturated carbocycles. The molecule has 2 heterocycles. The van der Waals surface area contributed by atoms with Gasteiger partial charge in [-0.2, -0.15) is 11.8 Å². The van der Waals surface area contributed by atoms with Crippen LogP contribution in [0.25, 0.3) is 0 Å². The smallest absolute Gasteiger partial charge is 0.317 e. The Labute approximate surface area is 137 Å². The first-order chi connectivity index (χ1) is 10.7. The number of likely N-dealkylation sites (tertiary alicyclic amines) is 1. The van der Waals surface area contributed by atoms with E-state index >= 15 is 0 Å². The molecule has 2 rings (SSSR count). The normalized spacial score (nSPS) is 18.1. The topological polar surface area (TPSA) is 57.3 Å². The summed E-state index contributed by atoms with van der Waals surface area (Å²) in [6.45, 7) is 5.15. The lowest BCUT2D eigenvalue weighted by Gasteiger charge is -2.32. The van der Waals surface area contributed by atoms with E-state index in [0.29, 0.717) is 12.5 Å². The molecule has 1 atom stereocenters. The molecule has 0 bridgehead atoms. The van der Waals surface area contributed by atoms with E-state index in [4.69, 9.17) is 0 Å². The Morgan fingerprint density at radius 2 is 2.36 bits per heavy atom. The Morgan fingerprint density at radius 1 is 1.50 bits per heavy atom. The average molecular weight is 322 g/mol. The third-order valence-corrected chi connectivity index (χ3v) is 4.75. The third kappa shape index (κ3) is 5.09. The lowest BCUT2D eigenvalue weighted by atomic mass is 10.0. The lowest BCUT2D eigenvalue weighted by molar-refractivity contribution is 0.171. The number of carbonyl (C=O) groups excluding carboxylic acids is 1. The van der Waals surface area contributed by atoms with E-state index in [1.165, 1.54) is 6.42 Å². The highest BCUT2D eigenvalue weighted by atomic mass is 32.2. The van der Waals surface area contributed by atoms with Crippen LogP contribution in [0.15, 0.2) is 18.5 Å². The molecule has 1 aliphatic heterocycles. The first-order valence-corrected chi connectivity index (χ1v) is 9.26. The van der Waals surface area contributed by atoms with Crippen molar-refractivity contribution in [1.29, 1.82) is 0 Å². The van der Waals surface area contributed by atoms with Crippen LogP contribution in [-0.2, 0) is 0 Å². The van der Waals surface area contributed by atoms with Crippen molar-refractivity contribution in [1.82, 2.24) is 15.2 Å². The predicted molar refractivity (Wildman–Crippen MR) is 93.5 cm³/mol. The molecule has 0 spiro atoms. The van der Waals surface area contributed by atoms with Gasteiger partial charge in [0.15, 0.2) is 0 Å². The number of nitrogens with zero attached hydrogens (tertiary/aromatic N) is 2. The molecule has 1 aliphatic rings. The van der Waals surface area contributed by atoms with Gasteiger partial charge in [-0.05, 0) is 49.3 Å². The predicted octanol–water partition coefficient (Wildman–Crippen LogP) is 2.59. The molecule has 0 aliphatic carbocycles. The van der Waals surface area contributed by atoms with Gasteiger partial charge in [0.2, 0.25) is 0 Å². The monoisotopic (exact) mass is 322 g/mol. The molecule has 1 saturated heterocycles. The van der Waals surface area contributed by atoms with Gasteiger partial charge < -0.3 is 15.5 Å². The molecule has 2 N–H and O–H groups in total. The van der Waals surface area contributed by atoms with Crippen LogP contribution in [0.1, 0.15) is 18.4 Å². The largest absolute Gasteiger partial charge is 0.383 e. The molecular formula is C16H26N4OS. The third-order valence-electron chi connectivity index (χ3n) is 3.95. The van der Waals surface area contributed by atoms with E-state index in [9.17, 15) is 4.79 Å². The maximum Gasteiger partial charge on any atom is 0.317 e. The second-order valence-electron chi connectivity index (χ2n) is 5.76.